The molecule has 0 radical (unpaired) electrons. The van der Waals surface area contributed by atoms with Crippen molar-refractivity contribution in [3.8, 4) is 0 Å². The lowest BCUT2D eigenvalue weighted by atomic mass is 10.2. The van der Waals surface area contributed by atoms with E-state index in [9.17, 15) is 4.79 Å². The van der Waals surface area contributed by atoms with Crippen LogP contribution < -0.4 is 5.32 Å². The maximum absolute atomic E-state index is 11.9. The SMILES string of the molecule is CCc1noc(CCCC(=O)Nc2ccc(Br)c(C)c2)n1. The van der Waals surface area contributed by atoms with Gasteiger partial charge in [-0.25, -0.2) is 0 Å². The van der Waals surface area contributed by atoms with Gasteiger partial charge in [-0.2, -0.15) is 4.98 Å². The third-order valence-corrected chi connectivity index (χ3v) is 3.95. The summed E-state index contributed by atoms with van der Waals surface area (Å²) in [6.07, 6.45) is 2.50. The molecule has 1 aromatic carbocycles. The van der Waals surface area contributed by atoms with Gasteiger partial charge in [-0.1, -0.05) is 28.0 Å². The minimum Gasteiger partial charge on any atom is -0.339 e. The van der Waals surface area contributed by atoms with E-state index in [0.29, 0.717) is 31.0 Å². The van der Waals surface area contributed by atoms with E-state index < -0.39 is 0 Å². The van der Waals surface area contributed by atoms with Crippen molar-refractivity contribution >= 4 is 27.5 Å². The Morgan fingerprint density at radius 2 is 2.24 bits per heavy atom. The predicted octanol–water partition coefficient (Wildman–Crippen LogP) is 3.66. The van der Waals surface area contributed by atoms with Crippen LogP contribution in [0.3, 0.4) is 0 Å². The average Bonchev–Trinajstić information content (AvgIpc) is 2.91. The number of aromatic nitrogens is 2. The van der Waals surface area contributed by atoms with Crippen molar-refractivity contribution < 1.29 is 9.32 Å². The van der Waals surface area contributed by atoms with Gasteiger partial charge in [0.2, 0.25) is 11.8 Å². The monoisotopic (exact) mass is 351 g/mol. The standard InChI is InChI=1S/C15H18BrN3O2/c1-3-13-18-15(21-19-13)6-4-5-14(20)17-11-7-8-12(16)10(2)9-11/h7-9H,3-6H2,1-2H3,(H,17,20). The Morgan fingerprint density at radius 3 is 2.90 bits per heavy atom. The number of nitrogens with zero attached hydrogens (tertiary/aromatic N) is 2. The normalized spacial score (nSPS) is 10.6. The smallest absolute Gasteiger partial charge is 0.226 e. The number of rotatable bonds is 6. The van der Waals surface area contributed by atoms with Crippen LogP contribution in [0, 0.1) is 6.92 Å². The molecule has 1 amide bonds. The molecule has 21 heavy (non-hydrogen) atoms. The summed E-state index contributed by atoms with van der Waals surface area (Å²) in [5.74, 6) is 1.30. The third kappa shape index (κ3) is 4.67. The molecule has 0 bridgehead atoms. The van der Waals surface area contributed by atoms with Crippen molar-refractivity contribution in [2.45, 2.75) is 39.5 Å². The van der Waals surface area contributed by atoms with Crippen molar-refractivity contribution in [1.29, 1.82) is 0 Å². The molecule has 112 valence electrons. The highest BCUT2D eigenvalue weighted by molar-refractivity contribution is 9.10. The maximum Gasteiger partial charge on any atom is 0.226 e. The first-order valence-corrected chi connectivity index (χ1v) is 7.75. The van der Waals surface area contributed by atoms with Crippen molar-refractivity contribution in [1.82, 2.24) is 10.1 Å². The van der Waals surface area contributed by atoms with Crippen LogP contribution in [-0.4, -0.2) is 16.0 Å². The highest BCUT2D eigenvalue weighted by Gasteiger charge is 2.07. The summed E-state index contributed by atoms with van der Waals surface area (Å²) in [4.78, 5) is 16.1. The van der Waals surface area contributed by atoms with Crippen molar-refractivity contribution in [3.05, 3.63) is 40.0 Å². The minimum atomic E-state index is -0.00745. The van der Waals surface area contributed by atoms with E-state index in [0.717, 1.165) is 22.1 Å². The third-order valence-electron chi connectivity index (χ3n) is 3.06. The van der Waals surface area contributed by atoms with Crippen molar-refractivity contribution in [2.24, 2.45) is 0 Å². The molecule has 0 saturated heterocycles. The molecule has 1 N–H and O–H groups in total. The second-order valence-corrected chi connectivity index (χ2v) is 5.68. The number of hydrogen-bond acceptors (Lipinski definition) is 4. The fraction of sp³-hybridized carbons (Fsp3) is 0.400. The van der Waals surface area contributed by atoms with E-state index in [2.05, 4.69) is 31.4 Å². The summed E-state index contributed by atoms with van der Waals surface area (Å²) >= 11 is 3.44. The molecule has 0 saturated carbocycles. The van der Waals surface area contributed by atoms with Gasteiger partial charge < -0.3 is 9.84 Å². The largest absolute Gasteiger partial charge is 0.339 e. The molecule has 2 aromatic rings. The second kappa shape index (κ2) is 7.36. The molecule has 1 heterocycles. The highest BCUT2D eigenvalue weighted by atomic mass is 79.9. The second-order valence-electron chi connectivity index (χ2n) is 4.82. The Morgan fingerprint density at radius 1 is 1.43 bits per heavy atom. The minimum absolute atomic E-state index is 0.00745. The van der Waals surface area contributed by atoms with Crippen molar-refractivity contribution in [3.63, 3.8) is 0 Å². The lowest BCUT2D eigenvalue weighted by molar-refractivity contribution is -0.116. The number of nitrogens with one attached hydrogen (secondary N) is 1. The van der Waals surface area contributed by atoms with Gasteiger partial charge in [0.1, 0.15) is 0 Å². The van der Waals surface area contributed by atoms with Crippen LogP contribution in [0.1, 0.15) is 37.0 Å². The lowest BCUT2D eigenvalue weighted by Crippen LogP contribution is -2.11. The van der Waals surface area contributed by atoms with Crippen LogP contribution in [0.5, 0.6) is 0 Å². The van der Waals surface area contributed by atoms with Crippen LogP contribution in [0.4, 0.5) is 5.69 Å². The Bertz CT molecular complexity index is 625. The Balaban J connectivity index is 1.78. The zero-order valence-corrected chi connectivity index (χ0v) is 13.7. The molecule has 0 atom stereocenters. The molecule has 6 heteroatoms. The Hall–Kier alpha value is -1.69. The lowest BCUT2D eigenvalue weighted by Gasteiger charge is -2.06. The van der Waals surface area contributed by atoms with Gasteiger partial charge in [0.05, 0.1) is 0 Å². The summed E-state index contributed by atoms with van der Waals surface area (Å²) in [5.41, 5.74) is 1.90. The molecule has 2 rings (SSSR count). The van der Waals surface area contributed by atoms with Gasteiger partial charge in [0.25, 0.3) is 0 Å². The number of carbonyl (C=O) groups excluding carboxylic acids is 1. The summed E-state index contributed by atoms with van der Waals surface area (Å²) in [6.45, 7) is 3.96. The maximum atomic E-state index is 11.9. The van der Waals surface area contributed by atoms with Crippen LogP contribution in [-0.2, 0) is 17.6 Å². The number of hydrogen-bond donors (Lipinski definition) is 1. The first kappa shape index (κ1) is 15.7. The van der Waals surface area contributed by atoms with Crippen LogP contribution in [0.25, 0.3) is 0 Å². The van der Waals surface area contributed by atoms with Gasteiger partial charge in [-0.3, -0.25) is 4.79 Å². The molecule has 0 aliphatic heterocycles. The molecular formula is C15H18BrN3O2. The van der Waals surface area contributed by atoms with Crippen LogP contribution >= 0.6 is 15.9 Å². The van der Waals surface area contributed by atoms with Crippen LogP contribution in [0.15, 0.2) is 27.2 Å². The fourth-order valence-corrected chi connectivity index (χ4v) is 2.13. The van der Waals surface area contributed by atoms with Gasteiger partial charge in [-0.05, 0) is 37.1 Å². The summed E-state index contributed by atoms with van der Waals surface area (Å²) < 4.78 is 6.12. The number of halogens is 1. The topological polar surface area (TPSA) is 68.0 Å². The van der Waals surface area contributed by atoms with E-state index in [1.807, 2.05) is 32.0 Å². The summed E-state index contributed by atoms with van der Waals surface area (Å²) in [6, 6.07) is 5.74. The van der Waals surface area contributed by atoms with Gasteiger partial charge in [0.15, 0.2) is 5.82 Å². The van der Waals surface area contributed by atoms with Crippen molar-refractivity contribution in [2.75, 3.05) is 5.32 Å². The van der Waals surface area contributed by atoms with E-state index >= 15 is 0 Å². The number of aryl methyl sites for hydroxylation is 3. The van der Waals surface area contributed by atoms with Gasteiger partial charge >= 0.3 is 0 Å². The van der Waals surface area contributed by atoms with E-state index in [1.165, 1.54) is 0 Å². The zero-order valence-electron chi connectivity index (χ0n) is 12.1. The number of anilines is 1. The zero-order chi connectivity index (χ0) is 15.2. The number of carbonyl (C=O) groups is 1. The molecule has 0 aliphatic rings. The molecule has 1 aromatic heterocycles. The Kier molecular flexibility index (Phi) is 5.50. The quantitative estimate of drug-likeness (QED) is 0.861. The summed E-state index contributed by atoms with van der Waals surface area (Å²) in [7, 11) is 0. The molecule has 0 aliphatic carbocycles. The summed E-state index contributed by atoms with van der Waals surface area (Å²) in [5, 5.41) is 6.71. The average molecular weight is 352 g/mol. The van der Waals surface area contributed by atoms with E-state index in [4.69, 9.17) is 4.52 Å². The van der Waals surface area contributed by atoms with E-state index in [-0.39, 0.29) is 5.91 Å². The first-order valence-electron chi connectivity index (χ1n) is 6.96. The predicted molar refractivity (Wildman–Crippen MR) is 84.1 cm³/mol. The molecular weight excluding hydrogens is 334 g/mol. The highest BCUT2D eigenvalue weighted by Crippen LogP contribution is 2.20. The fourth-order valence-electron chi connectivity index (χ4n) is 1.88. The molecule has 0 spiro atoms. The number of benzene rings is 1. The van der Waals surface area contributed by atoms with E-state index in [1.54, 1.807) is 0 Å². The molecule has 0 fully saturated rings. The molecule has 5 nitrogen and oxygen atoms in total. The van der Waals surface area contributed by atoms with Gasteiger partial charge in [0, 0.05) is 29.4 Å². The number of amides is 1. The van der Waals surface area contributed by atoms with Gasteiger partial charge in [-0.15, -0.1) is 0 Å². The first-order chi connectivity index (χ1) is 10.1. The molecule has 0 unspecified atom stereocenters. The Labute approximate surface area is 132 Å². The van der Waals surface area contributed by atoms with Crippen LogP contribution in [0.2, 0.25) is 0 Å².